The van der Waals surface area contributed by atoms with Gasteiger partial charge < -0.3 is 0 Å². The zero-order valence-corrected chi connectivity index (χ0v) is 8.73. The van der Waals surface area contributed by atoms with Crippen LogP contribution in [0, 0.1) is 6.92 Å². The molecular weight excluding hydrogens is 233 g/mol. The van der Waals surface area contributed by atoms with Crippen molar-refractivity contribution < 1.29 is 13.2 Å². The van der Waals surface area contributed by atoms with Crippen molar-refractivity contribution in [3.63, 3.8) is 0 Å². The van der Waals surface area contributed by atoms with Crippen molar-refractivity contribution in [2.45, 2.75) is 13.1 Å². The first kappa shape index (κ1) is 11.4. The first-order chi connectivity index (χ1) is 7.98. The number of nitrogens with zero attached hydrogens (tertiary/aromatic N) is 4. The summed E-state index contributed by atoms with van der Waals surface area (Å²) < 4.78 is 38.2. The number of alkyl halides is 3. The van der Waals surface area contributed by atoms with Crippen LogP contribution < -0.4 is 0 Å². The summed E-state index contributed by atoms with van der Waals surface area (Å²) in [5.74, 6) is 0.168. The Bertz CT molecular complexity index is 522. The van der Waals surface area contributed by atoms with Gasteiger partial charge in [0, 0.05) is 5.56 Å². The van der Waals surface area contributed by atoms with Gasteiger partial charge in [-0.1, -0.05) is 18.2 Å². The minimum atomic E-state index is -4.45. The molecule has 0 fully saturated rings. The number of rotatable bonds is 1. The molecule has 1 heterocycles. The quantitative estimate of drug-likeness (QED) is 0.767. The summed E-state index contributed by atoms with van der Waals surface area (Å²) in [6.07, 6.45) is -4.45. The van der Waals surface area contributed by atoms with Gasteiger partial charge in [0.15, 0.2) is 5.82 Å². The minimum absolute atomic E-state index is 0.125. The highest BCUT2D eigenvalue weighted by Gasteiger charge is 2.34. The van der Waals surface area contributed by atoms with Crippen LogP contribution >= 0.6 is 0 Å². The third-order valence-electron chi connectivity index (χ3n) is 2.05. The van der Waals surface area contributed by atoms with Crippen LogP contribution in [0.2, 0.25) is 0 Å². The number of benzene rings is 1. The lowest BCUT2D eigenvalue weighted by Gasteiger charge is -2.10. The summed E-state index contributed by atoms with van der Waals surface area (Å²) in [6.45, 7) is 1.56. The van der Waals surface area contributed by atoms with E-state index in [0.29, 0.717) is 5.82 Å². The molecule has 0 bridgehead atoms. The topological polar surface area (TPSA) is 51.6 Å². The monoisotopic (exact) mass is 240 g/mol. The van der Waals surface area contributed by atoms with Crippen LogP contribution in [0.15, 0.2) is 24.3 Å². The average molecular weight is 240 g/mol. The van der Waals surface area contributed by atoms with Gasteiger partial charge >= 0.3 is 6.18 Å². The van der Waals surface area contributed by atoms with Crippen LogP contribution in [0.25, 0.3) is 11.4 Å². The highest BCUT2D eigenvalue weighted by Crippen LogP contribution is 2.35. The smallest absolute Gasteiger partial charge is 0.166 e. The number of aryl methyl sites for hydroxylation is 1. The van der Waals surface area contributed by atoms with Crippen LogP contribution in [0.1, 0.15) is 11.4 Å². The van der Waals surface area contributed by atoms with E-state index in [9.17, 15) is 13.2 Å². The van der Waals surface area contributed by atoms with E-state index >= 15 is 0 Å². The molecule has 2 aromatic rings. The zero-order valence-electron chi connectivity index (χ0n) is 8.73. The Hall–Kier alpha value is -2.05. The van der Waals surface area contributed by atoms with Gasteiger partial charge in [-0.25, -0.2) is 0 Å². The van der Waals surface area contributed by atoms with Crippen LogP contribution in [-0.2, 0) is 6.18 Å². The van der Waals surface area contributed by atoms with E-state index in [-0.39, 0.29) is 11.4 Å². The van der Waals surface area contributed by atoms with Crippen LogP contribution in [0.5, 0.6) is 0 Å². The summed E-state index contributed by atoms with van der Waals surface area (Å²) in [4.78, 5) is 0. The molecule has 0 amide bonds. The second kappa shape index (κ2) is 4.08. The fraction of sp³-hybridized carbons (Fsp3) is 0.200. The molecule has 0 unspecified atom stereocenters. The normalized spacial score (nSPS) is 11.5. The number of hydrogen-bond donors (Lipinski definition) is 0. The summed E-state index contributed by atoms with van der Waals surface area (Å²) in [7, 11) is 0. The van der Waals surface area contributed by atoms with Crippen molar-refractivity contribution in [2.24, 2.45) is 0 Å². The SMILES string of the molecule is Cc1nnc(-c2ccccc2C(F)(F)F)nn1. The van der Waals surface area contributed by atoms with E-state index in [1.807, 2.05) is 0 Å². The molecule has 0 atom stereocenters. The zero-order chi connectivity index (χ0) is 12.5. The molecule has 1 aromatic carbocycles. The van der Waals surface area contributed by atoms with Gasteiger partial charge in [-0.05, 0) is 13.0 Å². The predicted octanol–water partition coefficient (Wildman–Crippen LogP) is 2.26. The third-order valence-corrected chi connectivity index (χ3v) is 2.05. The Morgan fingerprint density at radius 2 is 1.53 bits per heavy atom. The van der Waals surface area contributed by atoms with Gasteiger partial charge in [-0.2, -0.15) is 13.2 Å². The lowest BCUT2D eigenvalue weighted by atomic mass is 10.1. The van der Waals surface area contributed by atoms with Crippen molar-refractivity contribution in [3.8, 4) is 11.4 Å². The molecule has 0 saturated heterocycles. The average Bonchev–Trinajstić information content (AvgIpc) is 2.29. The third kappa shape index (κ3) is 2.38. The fourth-order valence-corrected chi connectivity index (χ4v) is 1.31. The largest absolute Gasteiger partial charge is 0.417 e. The lowest BCUT2D eigenvalue weighted by Crippen LogP contribution is -2.09. The molecule has 0 radical (unpaired) electrons. The Labute approximate surface area is 94.5 Å². The van der Waals surface area contributed by atoms with Crippen molar-refractivity contribution in [2.75, 3.05) is 0 Å². The molecule has 0 saturated carbocycles. The van der Waals surface area contributed by atoms with Gasteiger partial charge in [-0.15, -0.1) is 20.4 Å². The molecule has 0 aliphatic heterocycles. The Kier molecular flexibility index (Phi) is 2.74. The summed E-state index contributed by atoms with van der Waals surface area (Å²) in [5, 5.41) is 14.4. The number of aromatic nitrogens is 4. The second-order valence-corrected chi connectivity index (χ2v) is 3.31. The molecule has 0 aliphatic rings. The Balaban J connectivity index is 2.56. The maximum absolute atomic E-state index is 12.7. The van der Waals surface area contributed by atoms with Crippen molar-refractivity contribution >= 4 is 0 Å². The van der Waals surface area contributed by atoms with Gasteiger partial charge in [0.05, 0.1) is 5.56 Å². The molecule has 0 aliphatic carbocycles. The summed E-state index contributed by atoms with van der Waals surface area (Å²) in [5.41, 5.74) is -0.924. The molecule has 0 N–H and O–H groups in total. The van der Waals surface area contributed by atoms with Crippen LogP contribution in [0.3, 0.4) is 0 Å². The standard InChI is InChI=1S/C10H7F3N4/c1-6-14-16-9(17-15-6)7-4-2-3-5-8(7)10(11,12)13/h2-5H,1H3. The minimum Gasteiger partial charge on any atom is -0.166 e. The predicted molar refractivity (Wildman–Crippen MR) is 52.8 cm³/mol. The van der Waals surface area contributed by atoms with Crippen LogP contribution in [-0.4, -0.2) is 20.4 Å². The van der Waals surface area contributed by atoms with Crippen LogP contribution in [0.4, 0.5) is 13.2 Å². The van der Waals surface area contributed by atoms with E-state index in [0.717, 1.165) is 6.07 Å². The summed E-state index contributed by atoms with van der Waals surface area (Å²) in [6, 6.07) is 5.05. The van der Waals surface area contributed by atoms with E-state index < -0.39 is 11.7 Å². The number of halogens is 3. The lowest BCUT2D eigenvalue weighted by molar-refractivity contribution is -0.137. The van der Waals surface area contributed by atoms with E-state index in [1.54, 1.807) is 6.92 Å². The maximum atomic E-state index is 12.7. The molecule has 0 spiro atoms. The molecule has 17 heavy (non-hydrogen) atoms. The van der Waals surface area contributed by atoms with Crippen molar-refractivity contribution in [1.82, 2.24) is 20.4 Å². The van der Waals surface area contributed by atoms with Crippen molar-refractivity contribution in [3.05, 3.63) is 35.7 Å². The highest BCUT2D eigenvalue weighted by atomic mass is 19.4. The Morgan fingerprint density at radius 3 is 2.12 bits per heavy atom. The van der Waals surface area contributed by atoms with Gasteiger partial charge in [-0.3, -0.25) is 0 Å². The first-order valence-corrected chi connectivity index (χ1v) is 4.69. The molecule has 1 aromatic heterocycles. The molecular formula is C10H7F3N4. The molecule has 7 heteroatoms. The van der Waals surface area contributed by atoms with Gasteiger partial charge in [0.2, 0.25) is 5.82 Å². The summed E-state index contributed by atoms with van der Waals surface area (Å²) >= 11 is 0. The molecule has 88 valence electrons. The van der Waals surface area contributed by atoms with E-state index in [1.165, 1.54) is 18.2 Å². The number of hydrogen-bond acceptors (Lipinski definition) is 4. The van der Waals surface area contributed by atoms with E-state index in [4.69, 9.17) is 0 Å². The molecule has 2 rings (SSSR count). The first-order valence-electron chi connectivity index (χ1n) is 4.69. The van der Waals surface area contributed by atoms with Crippen molar-refractivity contribution in [1.29, 1.82) is 0 Å². The maximum Gasteiger partial charge on any atom is 0.417 e. The van der Waals surface area contributed by atoms with Gasteiger partial charge in [0.1, 0.15) is 0 Å². The van der Waals surface area contributed by atoms with E-state index in [2.05, 4.69) is 20.4 Å². The highest BCUT2D eigenvalue weighted by molar-refractivity contribution is 5.60. The van der Waals surface area contributed by atoms with Gasteiger partial charge in [0.25, 0.3) is 0 Å². The molecule has 4 nitrogen and oxygen atoms in total. The second-order valence-electron chi connectivity index (χ2n) is 3.31. The Morgan fingerprint density at radius 1 is 0.941 bits per heavy atom. The fourth-order valence-electron chi connectivity index (χ4n) is 1.31.